The van der Waals surface area contributed by atoms with Crippen molar-refractivity contribution in [2.24, 2.45) is 0 Å². The lowest BCUT2D eigenvalue weighted by atomic mass is 10.1. The lowest BCUT2D eigenvalue weighted by Crippen LogP contribution is -2.30. The first-order chi connectivity index (χ1) is 14.0. The van der Waals surface area contributed by atoms with Crippen LogP contribution >= 0.6 is 22.9 Å². The number of amides is 1. The average Bonchev–Trinajstić information content (AvgIpc) is 3.34. The van der Waals surface area contributed by atoms with Crippen molar-refractivity contribution in [3.8, 4) is 5.88 Å². The van der Waals surface area contributed by atoms with Gasteiger partial charge in [-0.05, 0) is 35.2 Å². The predicted octanol–water partition coefficient (Wildman–Crippen LogP) is 5.39. The second-order valence-corrected chi connectivity index (χ2v) is 8.01. The van der Waals surface area contributed by atoms with Crippen molar-refractivity contribution < 1.29 is 14.7 Å². The maximum absolute atomic E-state index is 13.2. The first-order valence-corrected chi connectivity index (χ1v) is 10.1. The number of hydrogen-bond donors (Lipinski definition) is 1. The molecule has 0 aliphatic carbocycles. The van der Waals surface area contributed by atoms with Crippen molar-refractivity contribution in [3.05, 3.63) is 87.1 Å². The van der Waals surface area contributed by atoms with Crippen LogP contribution in [0.2, 0.25) is 5.02 Å². The third-order valence-electron chi connectivity index (χ3n) is 4.66. The molecule has 29 heavy (non-hydrogen) atoms. The van der Waals surface area contributed by atoms with E-state index in [0.29, 0.717) is 27.3 Å². The van der Waals surface area contributed by atoms with Gasteiger partial charge in [-0.15, -0.1) is 11.3 Å². The zero-order valence-corrected chi connectivity index (χ0v) is 17.1. The molecule has 0 saturated carbocycles. The SMILES string of the molecule is CN(Cc1ccccc1)C(=O)n1c(O)c(C(=O)c2cccs2)c2cc(Cl)ccc21. The summed E-state index contributed by atoms with van der Waals surface area (Å²) >= 11 is 7.41. The van der Waals surface area contributed by atoms with Crippen molar-refractivity contribution in [2.45, 2.75) is 6.54 Å². The fourth-order valence-electron chi connectivity index (χ4n) is 3.29. The third kappa shape index (κ3) is 3.52. The fraction of sp³-hybridized carbons (Fsp3) is 0.0909. The van der Waals surface area contributed by atoms with E-state index < -0.39 is 6.03 Å². The Hall–Kier alpha value is -3.09. The van der Waals surface area contributed by atoms with Crippen LogP contribution in [0.1, 0.15) is 20.8 Å². The van der Waals surface area contributed by atoms with E-state index >= 15 is 0 Å². The Bertz CT molecular complexity index is 1200. The molecule has 0 bridgehead atoms. The molecule has 2 aromatic carbocycles. The highest BCUT2D eigenvalue weighted by atomic mass is 35.5. The molecule has 1 N–H and O–H groups in total. The summed E-state index contributed by atoms with van der Waals surface area (Å²) in [6, 6.07) is 17.4. The second kappa shape index (κ2) is 7.73. The number of halogens is 1. The largest absolute Gasteiger partial charge is 0.494 e. The number of thiophene rings is 1. The number of nitrogens with zero attached hydrogens (tertiary/aromatic N) is 2. The van der Waals surface area contributed by atoms with Gasteiger partial charge >= 0.3 is 6.03 Å². The van der Waals surface area contributed by atoms with Gasteiger partial charge in [-0.2, -0.15) is 0 Å². The van der Waals surface area contributed by atoms with Gasteiger partial charge in [0.25, 0.3) is 0 Å². The first kappa shape index (κ1) is 19.2. The maximum Gasteiger partial charge on any atom is 0.331 e. The van der Waals surface area contributed by atoms with E-state index in [1.807, 2.05) is 30.3 Å². The van der Waals surface area contributed by atoms with Gasteiger partial charge in [0.05, 0.1) is 16.0 Å². The van der Waals surface area contributed by atoms with Crippen molar-refractivity contribution >= 4 is 45.7 Å². The number of ketones is 1. The van der Waals surface area contributed by atoms with Crippen LogP contribution in [0.5, 0.6) is 5.88 Å². The molecule has 0 spiro atoms. The molecule has 0 saturated heterocycles. The lowest BCUT2D eigenvalue weighted by Gasteiger charge is -2.18. The van der Waals surface area contributed by atoms with Crippen LogP contribution in [-0.2, 0) is 6.54 Å². The van der Waals surface area contributed by atoms with Crippen LogP contribution in [-0.4, -0.2) is 33.4 Å². The molecule has 2 heterocycles. The van der Waals surface area contributed by atoms with Crippen LogP contribution in [0.25, 0.3) is 10.9 Å². The zero-order valence-electron chi connectivity index (χ0n) is 15.5. The number of fused-ring (bicyclic) bond motifs is 1. The molecule has 0 fully saturated rings. The molecular formula is C22H17ClN2O3S. The second-order valence-electron chi connectivity index (χ2n) is 6.63. The molecule has 5 nitrogen and oxygen atoms in total. The van der Waals surface area contributed by atoms with Gasteiger partial charge in [-0.25, -0.2) is 9.36 Å². The monoisotopic (exact) mass is 424 g/mol. The molecule has 4 rings (SSSR count). The molecule has 0 aliphatic heterocycles. The van der Waals surface area contributed by atoms with Gasteiger partial charge in [0.15, 0.2) is 0 Å². The third-order valence-corrected chi connectivity index (χ3v) is 5.76. The minimum Gasteiger partial charge on any atom is -0.494 e. The number of benzene rings is 2. The molecule has 0 unspecified atom stereocenters. The van der Waals surface area contributed by atoms with Crippen molar-refractivity contribution in [2.75, 3.05) is 7.05 Å². The molecule has 146 valence electrons. The molecule has 1 amide bonds. The zero-order chi connectivity index (χ0) is 20.5. The van der Waals surface area contributed by atoms with Gasteiger partial charge < -0.3 is 10.0 Å². The molecular weight excluding hydrogens is 408 g/mol. The highest BCUT2D eigenvalue weighted by molar-refractivity contribution is 7.12. The topological polar surface area (TPSA) is 62.5 Å². The fourth-order valence-corrected chi connectivity index (χ4v) is 4.14. The minimum absolute atomic E-state index is 0.0754. The lowest BCUT2D eigenvalue weighted by molar-refractivity contribution is 0.104. The highest BCUT2D eigenvalue weighted by Gasteiger charge is 2.28. The van der Waals surface area contributed by atoms with Gasteiger partial charge in [0.1, 0.15) is 0 Å². The van der Waals surface area contributed by atoms with Gasteiger partial charge in [-0.3, -0.25) is 4.79 Å². The van der Waals surface area contributed by atoms with Crippen LogP contribution < -0.4 is 0 Å². The Morgan fingerprint density at radius 2 is 1.86 bits per heavy atom. The Balaban J connectivity index is 1.81. The van der Waals surface area contributed by atoms with Crippen LogP contribution in [0.15, 0.2) is 66.0 Å². The average molecular weight is 425 g/mol. The summed E-state index contributed by atoms with van der Waals surface area (Å²) in [5.74, 6) is -0.729. The molecule has 0 atom stereocenters. The Morgan fingerprint density at radius 1 is 1.10 bits per heavy atom. The smallest absolute Gasteiger partial charge is 0.331 e. The molecule has 0 aliphatic rings. The maximum atomic E-state index is 13.2. The number of rotatable bonds is 4. The number of carbonyl (C=O) groups is 2. The van der Waals surface area contributed by atoms with E-state index in [0.717, 1.165) is 10.1 Å². The number of aromatic nitrogens is 1. The summed E-state index contributed by atoms with van der Waals surface area (Å²) in [6.45, 7) is 0.362. The minimum atomic E-state index is -0.441. The van der Waals surface area contributed by atoms with E-state index in [1.165, 1.54) is 16.2 Å². The number of aromatic hydroxyl groups is 1. The normalized spacial score (nSPS) is 11.0. The Kier molecular flexibility index (Phi) is 5.13. The quantitative estimate of drug-likeness (QED) is 0.446. The van der Waals surface area contributed by atoms with E-state index in [2.05, 4.69) is 0 Å². The van der Waals surface area contributed by atoms with E-state index in [4.69, 9.17) is 11.6 Å². The Morgan fingerprint density at radius 3 is 2.55 bits per heavy atom. The Labute approximate surface area is 176 Å². The summed E-state index contributed by atoms with van der Waals surface area (Å²) < 4.78 is 1.16. The van der Waals surface area contributed by atoms with E-state index in [9.17, 15) is 14.7 Å². The van der Waals surface area contributed by atoms with Gasteiger partial charge in [0, 0.05) is 24.0 Å². The number of hydrogen-bond acceptors (Lipinski definition) is 4. The standard InChI is InChI=1S/C22H17ClN2O3S/c1-24(13-14-6-3-2-4-7-14)22(28)25-17-10-9-15(23)12-16(17)19(21(25)27)20(26)18-8-5-11-29-18/h2-12,27H,13H2,1H3. The van der Waals surface area contributed by atoms with Crippen molar-refractivity contribution in [1.82, 2.24) is 9.47 Å². The van der Waals surface area contributed by atoms with Crippen molar-refractivity contribution in [1.29, 1.82) is 0 Å². The highest BCUT2D eigenvalue weighted by Crippen LogP contribution is 2.35. The molecule has 0 radical (unpaired) electrons. The van der Waals surface area contributed by atoms with Crippen LogP contribution in [0.4, 0.5) is 4.79 Å². The predicted molar refractivity (Wildman–Crippen MR) is 115 cm³/mol. The van der Waals surface area contributed by atoms with E-state index in [-0.39, 0.29) is 17.2 Å². The van der Waals surface area contributed by atoms with E-state index in [1.54, 1.807) is 42.8 Å². The summed E-state index contributed by atoms with van der Waals surface area (Å²) in [4.78, 5) is 28.2. The molecule has 2 aromatic heterocycles. The van der Waals surface area contributed by atoms with Crippen LogP contribution in [0, 0.1) is 0 Å². The van der Waals surface area contributed by atoms with Gasteiger partial charge in [-0.1, -0.05) is 48.0 Å². The summed E-state index contributed by atoms with van der Waals surface area (Å²) in [6.07, 6.45) is 0. The van der Waals surface area contributed by atoms with Crippen molar-refractivity contribution in [3.63, 3.8) is 0 Å². The summed E-state index contributed by atoms with van der Waals surface area (Å²) in [7, 11) is 1.65. The molecule has 7 heteroatoms. The van der Waals surface area contributed by atoms with Gasteiger partial charge in [0.2, 0.25) is 11.7 Å². The number of carbonyl (C=O) groups excluding carboxylic acids is 2. The summed E-state index contributed by atoms with van der Waals surface area (Å²) in [5, 5.41) is 13.6. The first-order valence-electron chi connectivity index (χ1n) is 8.88. The summed E-state index contributed by atoms with van der Waals surface area (Å²) in [5.41, 5.74) is 1.46. The molecule has 4 aromatic rings. The van der Waals surface area contributed by atoms with Crippen LogP contribution in [0.3, 0.4) is 0 Å².